The van der Waals surface area contributed by atoms with Crippen LogP contribution in [0.4, 0.5) is 13.2 Å². The molecule has 0 saturated carbocycles. The number of hydrogen-bond acceptors (Lipinski definition) is 2. The molecule has 0 aliphatic rings. The molecule has 2 aromatic rings. The van der Waals surface area contributed by atoms with Gasteiger partial charge in [-0.2, -0.15) is 13.2 Å². The Labute approximate surface area is 119 Å². The maximum absolute atomic E-state index is 12.8. The first-order chi connectivity index (χ1) is 9.38. The van der Waals surface area contributed by atoms with Gasteiger partial charge in [0.1, 0.15) is 16.5 Å². The van der Waals surface area contributed by atoms with Crippen LogP contribution in [0.25, 0.3) is 0 Å². The van der Waals surface area contributed by atoms with Crippen molar-refractivity contribution < 1.29 is 17.9 Å². The van der Waals surface area contributed by atoms with E-state index in [9.17, 15) is 13.2 Å². The van der Waals surface area contributed by atoms with Gasteiger partial charge in [0.25, 0.3) is 0 Å². The fourth-order valence-corrected chi connectivity index (χ4v) is 1.83. The van der Waals surface area contributed by atoms with Gasteiger partial charge in [-0.05, 0) is 30.3 Å². The van der Waals surface area contributed by atoms with Crippen molar-refractivity contribution in [1.29, 1.82) is 0 Å². The van der Waals surface area contributed by atoms with Crippen LogP contribution in [0.15, 0.2) is 48.5 Å². The predicted octanol–water partition coefficient (Wildman–Crippen LogP) is 4.13. The van der Waals surface area contributed by atoms with Crippen LogP contribution in [0.2, 0.25) is 0 Å². The number of ether oxygens (including phenoxy) is 1. The highest BCUT2D eigenvalue weighted by Crippen LogP contribution is 2.34. The van der Waals surface area contributed by atoms with Gasteiger partial charge in [0.05, 0.1) is 5.56 Å². The normalized spacial score (nSPS) is 11.2. The van der Waals surface area contributed by atoms with Gasteiger partial charge in [0, 0.05) is 5.56 Å². The van der Waals surface area contributed by atoms with Crippen LogP contribution < -0.4 is 10.5 Å². The van der Waals surface area contributed by atoms with Gasteiger partial charge in [-0.15, -0.1) is 0 Å². The molecule has 0 amide bonds. The molecule has 0 atom stereocenters. The Balaban J connectivity index is 2.38. The molecule has 0 heterocycles. The molecule has 2 rings (SSSR count). The summed E-state index contributed by atoms with van der Waals surface area (Å²) in [5.41, 5.74) is 4.23. The number of nitrogens with two attached hydrogens (primary N) is 1. The van der Waals surface area contributed by atoms with Gasteiger partial charge in [0.15, 0.2) is 0 Å². The van der Waals surface area contributed by atoms with Gasteiger partial charge in [-0.25, -0.2) is 0 Å². The van der Waals surface area contributed by atoms with Gasteiger partial charge < -0.3 is 10.5 Å². The quantitative estimate of drug-likeness (QED) is 0.865. The van der Waals surface area contributed by atoms with E-state index in [1.54, 1.807) is 30.3 Å². The summed E-state index contributed by atoms with van der Waals surface area (Å²) in [5.74, 6) is 0.758. The SMILES string of the molecule is NC(=S)c1cc(Oc2ccccc2)ccc1C(F)(F)F. The third-order valence-electron chi connectivity index (χ3n) is 2.54. The number of rotatable bonds is 3. The van der Waals surface area contributed by atoms with Crippen molar-refractivity contribution in [2.45, 2.75) is 6.18 Å². The molecule has 0 spiro atoms. The van der Waals surface area contributed by atoms with Gasteiger partial charge in [-0.1, -0.05) is 30.4 Å². The van der Waals surface area contributed by atoms with E-state index in [-0.39, 0.29) is 16.3 Å². The zero-order chi connectivity index (χ0) is 14.8. The van der Waals surface area contributed by atoms with Crippen molar-refractivity contribution in [3.63, 3.8) is 0 Å². The summed E-state index contributed by atoms with van der Waals surface area (Å²) in [6, 6.07) is 12.0. The largest absolute Gasteiger partial charge is 0.457 e. The molecule has 2 N–H and O–H groups in total. The molecule has 0 fully saturated rings. The van der Waals surface area contributed by atoms with Gasteiger partial charge in [-0.3, -0.25) is 0 Å². The molecule has 6 heteroatoms. The zero-order valence-corrected chi connectivity index (χ0v) is 11.0. The Kier molecular flexibility index (Phi) is 3.94. The van der Waals surface area contributed by atoms with Crippen LogP contribution in [0.5, 0.6) is 11.5 Å². The summed E-state index contributed by atoms with van der Waals surface area (Å²) >= 11 is 4.66. The molecule has 0 aromatic heterocycles. The average Bonchev–Trinajstić information content (AvgIpc) is 2.38. The predicted molar refractivity (Wildman–Crippen MR) is 73.8 cm³/mol. The summed E-state index contributed by atoms with van der Waals surface area (Å²) < 4.78 is 43.9. The Bertz CT molecular complexity index is 626. The molecule has 0 aliphatic heterocycles. The van der Waals surface area contributed by atoms with Crippen molar-refractivity contribution in [2.75, 3.05) is 0 Å². The van der Waals surface area contributed by atoms with Gasteiger partial charge in [0.2, 0.25) is 0 Å². The average molecular weight is 297 g/mol. The second kappa shape index (κ2) is 5.50. The van der Waals surface area contributed by atoms with E-state index in [2.05, 4.69) is 12.2 Å². The second-order valence-corrected chi connectivity index (χ2v) is 4.42. The Morgan fingerprint density at radius 2 is 1.65 bits per heavy atom. The van der Waals surface area contributed by atoms with Crippen LogP contribution >= 0.6 is 12.2 Å². The van der Waals surface area contributed by atoms with Crippen molar-refractivity contribution in [3.05, 3.63) is 59.7 Å². The lowest BCUT2D eigenvalue weighted by molar-refractivity contribution is -0.137. The highest BCUT2D eigenvalue weighted by molar-refractivity contribution is 7.80. The Morgan fingerprint density at radius 3 is 2.20 bits per heavy atom. The van der Waals surface area contributed by atoms with Crippen LogP contribution in [-0.4, -0.2) is 4.99 Å². The van der Waals surface area contributed by atoms with E-state index >= 15 is 0 Å². The van der Waals surface area contributed by atoms with Crippen molar-refractivity contribution in [2.24, 2.45) is 5.73 Å². The smallest absolute Gasteiger partial charge is 0.417 e. The molecule has 104 valence electrons. The van der Waals surface area contributed by atoms with E-state index in [1.807, 2.05) is 0 Å². The highest BCUT2D eigenvalue weighted by Gasteiger charge is 2.34. The van der Waals surface area contributed by atoms with E-state index in [0.717, 1.165) is 6.07 Å². The number of alkyl halides is 3. The molecular formula is C14H10F3NOS. The molecule has 2 nitrogen and oxygen atoms in total. The molecule has 0 radical (unpaired) electrons. The molecule has 0 unspecified atom stereocenters. The minimum Gasteiger partial charge on any atom is -0.457 e. The van der Waals surface area contributed by atoms with E-state index in [1.165, 1.54) is 12.1 Å². The maximum atomic E-state index is 12.8. The topological polar surface area (TPSA) is 35.2 Å². The summed E-state index contributed by atoms with van der Waals surface area (Å²) in [4.78, 5) is -0.323. The minimum absolute atomic E-state index is 0.243. The van der Waals surface area contributed by atoms with Crippen LogP contribution in [0.3, 0.4) is 0 Å². The summed E-state index contributed by atoms with van der Waals surface area (Å²) in [5, 5.41) is 0. The Morgan fingerprint density at radius 1 is 1.00 bits per heavy atom. The maximum Gasteiger partial charge on any atom is 0.417 e. The van der Waals surface area contributed by atoms with Gasteiger partial charge >= 0.3 is 6.18 Å². The summed E-state index contributed by atoms with van der Waals surface area (Å²) in [7, 11) is 0. The fourth-order valence-electron chi connectivity index (χ4n) is 1.66. The number of hydrogen-bond donors (Lipinski definition) is 1. The van der Waals surface area contributed by atoms with Crippen LogP contribution in [-0.2, 0) is 6.18 Å². The highest BCUT2D eigenvalue weighted by atomic mass is 32.1. The van der Waals surface area contributed by atoms with Crippen LogP contribution in [0, 0.1) is 0 Å². The third kappa shape index (κ3) is 3.27. The third-order valence-corrected chi connectivity index (χ3v) is 2.76. The van der Waals surface area contributed by atoms with Crippen molar-refractivity contribution >= 4 is 17.2 Å². The fraction of sp³-hybridized carbons (Fsp3) is 0.0714. The molecule has 0 saturated heterocycles. The van der Waals surface area contributed by atoms with Crippen LogP contribution in [0.1, 0.15) is 11.1 Å². The first-order valence-electron chi connectivity index (χ1n) is 5.62. The molecule has 0 aliphatic carbocycles. The molecule has 2 aromatic carbocycles. The van der Waals surface area contributed by atoms with Crippen molar-refractivity contribution in [3.8, 4) is 11.5 Å². The number of halogens is 3. The minimum atomic E-state index is -4.51. The number of benzene rings is 2. The lowest BCUT2D eigenvalue weighted by atomic mass is 10.1. The Hall–Kier alpha value is -2.08. The lowest BCUT2D eigenvalue weighted by Gasteiger charge is -2.14. The summed E-state index contributed by atoms with van der Waals surface area (Å²) in [6.45, 7) is 0. The number of thiocarbonyl (C=S) groups is 1. The molecular weight excluding hydrogens is 287 g/mol. The molecule has 20 heavy (non-hydrogen) atoms. The lowest BCUT2D eigenvalue weighted by Crippen LogP contribution is -2.17. The summed E-state index contributed by atoms with van der Waals surface area (Å²) in [6.07, 6.45) is -4.51. The molecule has 0 bridgehead atoms. The van der Waals surface area contributed by atoms with E-state index in [0.29, 0.717) is 5.75 Å². The second-order valence-electron chi connectivity index (χ2n) is 3.98. The zero-order valence-electron chi connectivity index (χ0n) is 10.1. The number of para-hydroxylation sites is 1. The monoisotopic (exact) mass is 297 g/mol. The first kappa shape index (κ1) is 14.3. The standard InChI is InChI=1S/C14H10F3NOS/c15-14(16,17)12-7-6-10(8-11(12)13(18)20)19-9-4-2-1-3-5-9/h1-8H,(H2,18,20). The van der Waals surface area contributed by atoms with Crippen molar-refractivity contribution in [1.82, 2.24) is 0 Å². The first-order valence-corrected chi connectivity index (χ1v) is 6.02. The van der Waals surface area contributed by atoms with E-state index < -0.39 is 11.7 Å². The van der Waals surface area contributed by atoms with E-state index in [4.69, 9.17) is 10.5 Å².